The molecule has 0 atom stereocenters. The van der Waals surface area contributed by atoms with Crippen molar-refractivity contribution in [1.82, 2.24) is 9.97 Å². The molecule has 0 N–H and O–H groups in total. The number of hydrogen-bond acceptors (Lipinski definition) is 2. The second-order valence-corrected chi connectivity index (χ2v) is 12.9. The second kappa shape index (κ2) is 11.5. The Balaban J connectivity index is 1.42. The van der Waals surface area contributed by atoms with Crippen molar-refractivity contribution in [2.24, 2.45) is 0 Å². The molecule has 0 aliphatic carbocycles. The van der Waals surface area contributed by atoms with E-state index in [0.29, 0.717) is 0 Å². The summed E-state index contributed by atoms with van der Waals surface area (Å²) in [5.41, 5.74) is 9.67. The van der Waals surface area contributed by atoms with Crippen LogP contribution < -0.4 is 0 Å². The smallest absolute Gasteiger partial charge is 0.0273 e. The summed E-state index contributed by atoms with van der Waals surface area (Å²) in [5, 5.41) is 12.3. The van der Waals surface area contributed by atoms with Crippen molar-refractivity contribution < 1.29 is 0 Å². The average molecular weight is 635 g/mol. The Kier molecular flexibility index (Phi) is 6.53. The third kappa shape index (κ3) is 4.43. The fraction of sp³-hybridized carbons (Fsp3) is 0. The highest BCUT2D eigenvalue weighted by Crippen LogP contribution is 2.50. The third-order valence-electron chi connectivity index (χ3n) is 10.2. The molecule has 10 rings (SSSR count). The van der Waals surface area contributed by atoms with Crippen molar-refractivity contribution in [2.75, 3.05) is 0 Å². The molecule has 0 spiro atoms. The maximum atomic E-state index is 4.38. The van der Waals surface area contributed by atoms with Gasteiger partial charge in [0.25, 0.3) is 0 Å². The number of benzene rings is 8. The maximum Gasteiger partial charge on any atom is 0.0273 e. The summed E-state index contributed by atoms with van der Waals surface area (Å²) in [5.74, 6) is 0. The first-order valence-corrected chi connectivity index (χ1v) is 17.1. The van der Waals surface area contributed by atoms with Crippen LogP contribution in [-0.2, 0) is 0 Å². The van der Waals surface area contributed by atoms with Gasteiger partial charge in [-0.05, 0) is 135 Å². The van der Waals surface area contributed by atoms with Crippen molar-refractivity contribution in [2.45, 2.75) is 0 Å². The zero-order chi connectivity index (χ0) is 33.0. The third-order valence-corrected chi connectivity index (χ3v) is 10.2. The Morgan fingerprint density at radius 2 is 0.620 bits per heavy atom. The first kappa shape index (κ1) is 28.4. The number of fused-ring (bicyclic) bond motifs is 5. The van der Waals surface area contributed by atoms with Gasteiger partial charge in [-0.15, -0.1) is 0 Å². The Hall–Kier alpha value is -6.64. The molecule has 0 unspecified atom stereocenters. The number of pyridine rings is 2. The van der Waals surface area contributed by atoms with Gasteiger partial charge < -0.3 is 0 Å². The maximum absolute atomic E-state index is 4.38. The van der Waals surface area contributed by atoms with E-state index in [9.17, 15) is 0 Å². The predicted octanol–water partition coefficient (Wildman–Crippen LogP) is 12.9. The second-order valence-electron chi connectivity index (χ2n) is 12.9. The summed E-state index contributed by atoms with van der Waals surface area (Å²) in [4.78, 5) is 8.77. The molecule has 0 radical (unpaired) electrons. The van der Waals surface area contributed by atoms with Gasteiger partial charge in [0.15, 0.2) is 0 Å². The molecular formula is C48H30N2. The highest BCUT2D eigenvalue weighted by atomic mass is 14.6. The van der Waals surface area contributed by atoms with Crippen LogP contribution in [0.2, 0.25) is 0 Å². The molecule has 50 heavy (non-hydrogen) atoms. The molecule has 2 heteroatoms. The van der Waals surface area contributed by atoms with Crippen molar-refractivity contribution in [3.05, 3.63) is 183 Å². The molecule has 232 valence electrons. The van der Waals surface area contributed by atoms with Gasteiger partial charge in [-0.2, -0.15) is 0 Å². The van der Waals surface area contributed by atoms with Crippen molar-refractivity contribution in [3.63, 3.8) is 0 Å². The van der Waals surface area contributed by atoms with Gasteiger partial charge in [0.05, 0.1) is 0 Å². The van der Waals surface area contributed by atoms with Crippen LogP contribution in [0, 0.1) is 0 Å². The molecule has 10 aromatic rings. The van der Waals surface area contributed by atoms with Crippen LogP contribution in [0.3, 0.4) is 0 Å². The summed E-state index contributed by atoms with van der Waals surface area (Å²) in [7, 11) is 0. The summed E-state index contributed by atoms with van der Waals surface area (Å²) in [6, 6.07) is 57.7. The van der Waals surface area contributed by atoms with Crippen LogP contribution in [0.15, 0.2) is 183 Å². The molecule has 2 nitrogen and oxygen atoms in total. The van der Waals surface area contributed by atoms with Gasteiger partial charge in [0.2, 0.25) is 0 Å². The lowest BCUT2D eigenvalue weighted by molar-refractivity contribution is 1.33. The van der Waals surface area contributed by atoms with Crippen LogP contribution in [-0.4, -0.2) is 9.97 Å². The highest BCUT2D eigenvalue weighted by Gasteiger charge is 2.23. The molecule has 0 saturated heterocycles. The Morgan fingerprint density at radius 3 is 1.04 bits per heavy atom. The lowest BCUT2D eigenvalue weighted by atomic mass is 9.80. The SMILES string of the molecule is c1ccc2cc3c(-c4ccc5ccccc5c4-c4ccncc4)c4ccccc4c(-c4ccc5ccccc5c4-c4ccncc4)c3cc2c1. The van der Waals surface area contributed by atoms with Gasteiger partial charge in [0, 0.05) is 24.8 Å². The fourth-order valence-corrected chi connectivity index (χ4v) is 8.06. The topological polar surface area (TPSA) is 25.8 Å². The van der Waals surface area contributed by atoms with E-state index < -0.39 is 0 Å². The highest BCUT2D eigenvalue weighted by molar-refractivity contribution is 6.27. The minimum Gasteiger partial charge on any atom is -0.265 e. The fourth-order valence-electron chi connectivity index (χ4n) is 8.06. The molecule has 0 fully saturated rings. The molecule has 8 aromatic carbocycles. The van der Waals surface area contributed by atoms with E-state index in [4.69, 9.17) is 0 Å². The van der Waals surface area contributed by atoms with E-state index in [1.165, 1.54) is 87.2 Å². The van der Waals surface area contributed by atoms with Crippen LogP contribution in [0.5, 0.6) is 0 Å². The van der Waals surface area contributed by atoms with Crippen LogP contribution in [0.1, 0.15) is 0 Å². The zero-order valence-electron chi connectivity index (χ0n) is 27.2. The van der Waals surface area contributed by atoms with E-state index in [1.807, 2.05) is 24.8 Å². The average Bonchev–Trinajstić information content (AvgIpc) is 3.19. The molecule has 0 bridgehead atoms. The largest absolute Gasteiger partial charge is 0.265 e. The normalized spacial score (nSPS) is 11.6. The Morgan fingerprint density at radius 1 is 0.260 bits per heavy atom. The number of rotatable bonds is 4. The molecule has 0 aliphatic rings. The van der Waals surface area contributed by atoms with E-state index >= 15 is 0 Å². The predicted molar refractivity (Wildman–Crippen MR) is 211 cm³/mol. The molecule has 0 amide bonds. The van der Waals surface area contributed by atoms with E-state index in [-0.39, 0.29) is 0 Å². The lowest BCUT2D eigenvalue weighted by Crippen LogP contribution is -1.96. The first-order chi connectivity index (χ1) is 24.8. The minimum atomic E-state index is 1.16. The van der Waals surface area contributed by atoms with Gasteiger partial charge in [0.1, 0.15) is 0 Å². The number of aromatic nitrogens is 2. The van der Waals surface area contributed by atoms with Crippen LogP contribution in [0.25, 0.3) is 98.4 Å². The number of nitrogens with zero attached hydrogens (tertiary/aromatic N) is 2. The van der Waals surface area contributed by atoms with E-state index in [0.717, 1.165) is 11.1 Å². The molecule has 0 aliphatic heterocycles. The standard InChI is InChI=1S/C48H30N2/c1-2-12-36-30-44-43(29-35(36)11-1)47(41-19-17-31-9-3-5-13-37(31)45(41)33-21-25-49-26-22-33)39-15-7-8-16-40(39)48(44)42-20-18-32-10-4-6-14-38(32)46(42)34-23-27-50-28-24-34/h1-30H. The summed E-state index contributed by atoms with van der Waals surface area (Å²) < 4.78 is 0. The van der Waals surface area contributed by atoms with E-state index in [2.05, 4.69) is 168 Å². The van der Waals surface area contributed by atoms with Crippen LogP contribution >= 0.6 is 0 Å². The molecule has 2 heterocycles. The monoisotopic (exact) mass is 634 g/mol. The zero-order valence-corrected chi connectivity index (χ0v) is 27.2. The Labute approximate surface area is 290 Å². The Bertz CT molecular complexity index is 2710. The quantitative estimate of drug-likeness (QED) is 0.180. The molecule has 0 saturated carbocycles. The molecule has 2 aromatic heterocycles. The van der Waals surface area contributed by atoms with Gasteiger partial charge in [-0.1, -0.05) is 121 Å². The molecular weight excluding hydrogens is 605 g/mol. The minimum absolute atomic E-state index is 1.16. The summed E-state index contributed by atoms with van der Waals surface area (Å²) in [6.07, 6.45) is 7.59. The van der Waals surface area contributed by atoms with Gasteiger partial charge >= 0.3 is 0 Å². The first-order valence-electron chi connectivity index (χ1n) is 17.1. The summed E-state index contributed by atoms with van der Waals surface area (Å²) in [6.45, 7) is 0. The lowest BCUT2D eigenvalue weighted by Gasteiger charge is -2.23. The van der Waals surface area contributed by atoms with Gasteiger partial charge in [-0.3, -0.25) is 9.97 Å². The van der Waals surface area contributed by atoms with Crippen LogP contribution in [0.4, 0.5) is 0 Å². The number of hydrogen-bond donors (Lipinski definition) is 0. The van der Waals surface area contributed by atoms with Crippen molar-refractivity contribution >= 4 is 53.9 Å². The van der Waals surface area contributed by atoms with Crippen molar-refractivity contribution in [1.29, 1.82) is 0 Å². The van der Waals surface area contributed by atoms with Gasteiger partial charge in [-0.25, -0.2) is 0 Å². The summed E-state index contributed by atoms with van der Waals surface area (Å²) >= 11 is 0. The van der Waals surface area contributed by atoms with E-state index in [1.54, 1.807) is 0 Å². The van der Waals surface area contributed by atoms with Crippen molar-refractivity contribution in [3.8, 4) is 44.5 Å².